The number of thiazole rings is 1. The van der Waals surface area contributed by atoms with Crippen LogP contribution in [-0.4, -0.2) is 18.1 Å². The lowest BCUT2D eigenvalue weighted by molar-refractivity contribution is 0.630. The van der Waals surface area contributed by atoms with Crippen LogP contribution in [0.4, 0.5) is 4.39 Å². The van der Waals surface area contributed by atoms with Gasteiger partial charge >= 0.3 is 0 Å². The topological polar surface area (TPSA) is 24.9 Å². The van der Waals surface area contributed by atoms with Gasteiger partial charge in [-0.15, -0.1) is 11.3 Å². The van der Waals surface area contributed by atoms with Gasteiger partial charge < -0.3 is 5.32 Å². The second-order valence-electron chi connectivity index (χ2n) is 3.32. The fourth-order valence-electron chi connectivity index (χ4n) is 1.43. The second kappa shape index (κ2) is 4.68. The first-order valence-corrected chi connectivity index (χ1v) is 5.87. The number of likely N-dealkylation sites (N-methyl/N-ethyl adjacent to an activating group) is 1. The zero-order valence-corrected chi connectivity index (χ0v) is 9.40. The van der Waals surface area contributed by atoms with Crippen molar-refractivity contribution in [3.63, 3.8) is 0 Å². The quantitative estimate of drug-likeness (QED) is 0.807. The third kappa shape index (κ3) is 2.52. The van der Waals surface area contributed by atoms with Gasteiger partial charge in [0.2, 0.25) is 0 Å². The standard InChI is InChI=1S/C11H13FN2S/c1-2-13-6-5-11-14-9-4-3-8(12)7-10(9)15-11/h3-4,7,13H,2,5-6H2,1H3. The summed E-state index contributed by atoms with van der Waals surface area (Å²) >= 11 is 1.57. The minimum Gasteiger partial charge on any atom is -0.317 e. The maximum atomic E-state index is 12.9. The van der Waals surface area contributed by atoms with Gasteiger partial charge in [0.1, 0.15) is 5.82 Å². The Morgan fingerprint density at radius 3 is 3.13 bits per heavy atom. The van der Waals surface area contributed by atoms with Crippen molar-refractivity contribution in [2.45, 2.75) is 13.3 Å². The average molecular weight is 224 g/mol. The number of fused-ring (bicyclic) bond motifs is 1. The molecule has 2 aromatic rings. The molecule has 1 aromatic carbocycles. The molecule has 4 heteroatoms. The molecule has 15 heavy (non-hydrogen) atoms. The van der Waals surface area contributed by atoms with Crippen LogP contribution in [0.1, 0.15) is 11.9 Å². The number of nitrogens with zero attached hydrogens (tertiary/aromatic N) is 1. The fourth-order valence-corrected chi connectivity index (χ4v) is 2.42. The Bertz CT molecular complexity index is 453. The Labute approximate surface area is 92.1 Å². The summed E-state index contributed by atoms with van der Waals surface area (Å²) in [5.41, 5.74) is 0.896. The smallest absolute Gasteiger partial charge is 0.124 e. The van der Waals surface area contributed by atoms with Gasteiger partial charge in [0.05, 0.1) is 15.2 Å². The molecule has 1 N–H and O–H groups in total. The molecule has 0 saturated heterocycles. The van der Waals surface area contributed by atoms with Crippen LogP contribution in [0, 0.1) is 5.82 Å². The van der Waals surface area contributed by atoms with Crippen LogP contribution in [0.2, 0.25) is 0 Å². The molecule has 2 nitrogen and oxygen atoms in total. The highest BCUT2D eigenvalue weighted by Crippen LogP contribution is 2.22. The maximum absolute atomic E-state index is 12.9. The number of aromatic nitrogens is 1. The molecule has 0 spiro atoms. The molecule has 1 heterocycles. The van der Waals surface area contributed by atoms with Gasteiger partial charge in [-0.1, -0.05) is 6.92 Å². The van der Waals surface area contributed by atoms with Crippen molar-refractivity contribution in [1.29, 1.82) is 0 Å². The fraction of sp³-hybridized carbons (Fsp3) is 0.364. The zero-order chi connectivity index (χ0) is 10.7. The molecule has 0 aliphatic carbocycles. The predicted octanol–water partition coefficient (Wildman–Crippen LogP) is 2.59. The summed E-state index contributed by atoms with van der Waals surface area (Å²) in [7, 11) is 0. The van der Waals surface area contributed by atoms with E-state index in [4.69, 9.17) is 0 Å². The molecule has 0 aliphatic rings. The van der Waals surface area contributed by atoms with Crippen LogP contribution in [0.25, 0.3) is 10.2 Å². The van der Waals surface area contributed by atoms with Crippen LogP contribution < -0.4 is 5.32 Å². The van der Waals surface area contributed by atoms with Crippen LogP contribution in [0.5, 0.6) is 0 Å². The van der Waals surface area contributed by atoms with E-state index in [2.05, 4.69) is 17.2 Å². The maximum Gasteiger partial charge on any atom is 0.124 e. The molecule has 0 bridgehead atoms. The molecule has 1 aromatic heterocycles. The van der Waals surface area contributed by atoms with Crippen LogP contribution in [0.15, 0.2) is 18.2 Å². The van der Waals surface area contributed by atoms with Gasteiger partial charge in [-0.3, -0.25) is 0 Å². The third-order valence-electron chi connectivity index (χ3n) is 2.16. The minimum absolute atomic E-state index is 0.190. The second-order valence-corrected chi connectivity index (χ2v) is 4.44. The number of nitrogens with one attached hydrogen (secondary N) is 1. The Balaban J connectivity index is 2.16. The van der Waals surface area contributed by atoms with Gasteiger partial charge in [0.15, 0.2) is 0 Å². The first kappa shape index (κ1) is 10.5. The largest absolute Gasteiger partial charge is 0.317 e. The molecule has 0 saturated carbocycles. The van der Waals surface area contributed by atoms with E-state index < -0.39 is 0 Å². The van der Waals surface area contributed by atoms with E-state index in [0.717, 1.165) is 34.7 Å². The van der Waals surface area contributed by atoms with E-state index in [0.29, 0.717) is 0 Å². The van der Waals surface area contributed by atoms with Gasteiger partial charge in [-0.2, -0.15) is 0 Å². The van der Waals surface area contributed by atoms with E-state index in [9.17, 15) is 4.39 Å². The highest BCUT2D eigenvalue weighted by molar-refractivity contribution is 7.18. The highest BCUT2D eigenvalue weighted by Gasteiger charge is 2.03. The molecule has 0 atom stereocenters. The summed E-state index contributed by atoms with van der Waals surface area (Å²) in [5, 5.41) is 4.31. The molecule has 0 amide bonds. The summed E-state index contributed by atoms with van der Waals surface area (Å²) in [6, 6.07) is 4.73. The summed E-state index contributed by atoms with van der Waals surface area (Å²) < 4.78 is 13.9. The summed E-state index contributed by atoms with van der Waals surface area (Å²) in [4.78, 5) is 4.44. The van der Waals surface area contributed by atoms with Crippen LogP contribution in [0.3, 0.4) is 0 Å². The minimum atomic E-state index is -0.190. The highest BCUT2D eigenvalue weighted by atomic mass is 32.1. The molecule has 0 unspecified atom stereocenters. The Morgan fingerprint density at radius 1 is 1.47 bits per heavy atom. The third-order valence-corrected chi connectivity index (χ3v) is 3.24. The van der Waals surface area contributed by atoms with Crippen LogP contribution in [-0.2, 0) is 6.42 Å². The SMILES string of the molecule is CCNCCc1nc2ccc(F)cc2s1. The van der Waals surface area contributed by atoms with Gasteiger partial charge in [0.25, 0.3) is 0 Å². The van der Waals surface area contributed by atoms with E-state index >= 15 is 0 Å². The first-order valence-electron chi connectivity index (χ1n) is 5.05. The molecular weight excluding hydrogens is 211 g/mol. The molecule has 2 rings (SSSR count). The number of hydrogen-bond donors (Lipinski definition) is 1. The monoisotopic (exact) mass is 224 g/mol. The molecular formula is C11H13FN2S. The van der Waals surface area contributed by atoms with Crippen molar-refractivity contribution in [3.05, 3.63) is 29.0 Å². The van der Waals surface area contributed by atoms with Gasteiger partial charge in [-0.25, -0.2) is 9.37 Å². The summed E-state index contributed by atoms with van der Waals surface area (Å²) in [5.74, 6) is -0.190. The molecule has 0 aliphatic heterocycles. The predicted molar refractivity (Wildman–Crippen MR) is 61.8 cm³/mol. The lowest BCUT2D eigenvalue weighted by Gasteiger charge is -1.96. The Kier molecular flexibility index (Phi) is 3.28. The van der Waals surface area contributed by atoms with Crippen molar-refractivity contribution in [1.82, 2.24) is 10.3 Å². The van der Waals surface area contributed by atoms with Crippen LogP contribution >= 0.6 is 11.3 Å². The van der Waals surface area contributed by atoms with Crippen molar-refractivity contribution < 1.29 is 4.39 Å². The van der Waals surface area contributed by atoms with E-state index in [1.54, 1.807) is 23.5 Å². The van der Waals surface area contributed by atoms with Crippen molar-refractivity contribution >= 4 is 21.6 Å². The van der Waals surface area contributed by atoms with E-state index in [1.807, 2.05) is 0 Å². The first-order chi connectivity index (χ1) is 7.29. The normalized spacial score (nSPS) is 11.1. The van der Waals surface area contributed by atoms with E-state index in [-0.39, 0.29) is 5.82 Å². The van der Waals surface area contributed by atoms with Crippen molar-refractivity contribution in [3.8, 4) is 0 Å². The summed E-state index contributed by atoms with van der Waals surface area (Å²) in [6.45, 7) is 3.98. The molecule has 0 fully saturated rings. The number of rotatable bonds is 4. The molecule has 0 radical (unpaired) electrons. The average Bonchev–Trinajstić information content (AvgIpc) is 2.60. The number of benzene rings is 1. The van der Waals surface area contributed by atoms with Gasteiger partial charge in [0, 0.05) is 13.0 Å². The number of hydrogen-bond acceptors (Lipinski definition) is 3. The lowest BCUT2D eigenvalue weighted by Crippen LogP contribution is -2.15. The van der Waals surface area contributed by atoms with Crippen molar-refractivity contribution in [2.24, 2.45) is 0 Å². The van der Waals surface area contributed by atoms with E-state index in [1.165, 1.54) is 6.07 Å². The van der Waals surface area contributed by atoms with Gasteiger partial charge in [-0.05, 0) is 24.7 Å². The molecule has 80 valence electrons. The zero-order valence-electron chi connectivity index (χ0n) is 8.59. The lowest BCUT2D eigenvalue weighted by atomic mass is 10.3. The Hall–Kier alpha value is -1.000. The summed E-state index contributed by atoms with van der Waals surface area (Å²) in [6.07, 6.45) is 0.912. The number of halogens is 1. The van der Waals surface area contributed by atoms with Crippen molar-refractivity contribution in [2.75, 3.05) is 13.1 Å². The Morgan fingerprint density at radius 2 is 2.33 bits per heavy atom.